The maximum atomic E-state index is 12.0. The van der Waals surface area contributed by atoms with Crippen molar-refractivity contribution in [3.05, 3.63) is 46.5 Å². The van der Waals surface area contributed by atoms with E-state index in [9.17, 15) is 9.59 Å². The predicted octanol–water partition coefficient (Wildman–Crippen LogP) is 3.35. The first-order valence-corrected chi connectivity index (χ1v) is 8.48. The molecule has 0 unspecified atom stereocenters. The number of carbonyl (C=O) groups is 2. The van der Waals surface area contributed by atoms with Gasteiger partial charge < -0.3 is 15.1 Å². The van der Waals surface area contributed by atoms with Crippen LogP contribution < -0.4 is 10.6 Å². The number of benzene rings is 1. The Morgan fingerprint density at radius 2 is 2.17 bits per heavy atom. The Kier molecular flexibility index (Phi) is 4.90. The number of fused-ring (bicyclic) bond motifs is 1. The fourth-order valence-electron chi connectivity index (χ4n) is 2.29. The summed E-state index contributed by atoms with van der Waals surface area (Å²) in [7, 11) is 0. The van der Waals surface area contributed by atoms with Crippen molar-refractivity contribution < 1.29 is 14.0 Å². The van der Waals surface area contributed by atoms with Gasteiger partial charge in [-0.15, -0.1) is 11.3 Å². The number of aromatic nitrogens is 1. The van der Waals surface area contributed by atoms with Crippen molar-refractivity contribution in [2.75, 3.05) is 11.9 Å². The molecule has 2 aromatic heterocycles. The minimum atomic E-state index is -0.101. The number of amides is 2. The van der Waals surface area contributed by atoms with Crippen molar-refractivity contribution in [2.24, 2.45) is 0 Å². The zero-order chi connectivity index (χ0) is 16.9. The smallest absolute Gasteiger partial charge is 0.261 e. The number of nitrogens with zero attached hydrogens (tertiary/aromatic N) is 1. The number of hydrogen-bond acceptors (Lipinski definition) is 5. The van der Waals surface area contributed by atoms with Crippen LogP contribution in [0.5, 0.6) is 0 Å². The molecular formula is C17H17N3O3S. The second kappa shape index (κ2) is 7.27. The SMILES string of the molecule is Cc1nc2ccc(NC(=O)CCCNC(=O)c3cccs3)cc2o1. The zero-order valence-corrected chi connectivity index (χ0v) is 14.0. The predicted molar refractivity (Wildman–Crippen MR) is 93.3 cm³/mol. The van der Waals surface area contributed by atoms with E-state index >= 15 is 0 Å². The minimum absolute atomic E-state index is 0.100. The van der Waals surface area contributed by atoms with E-state index in [0.717, 1.165) is 5.52 Å². The van der Waals surface area contributed by atoms with Crippen molar-refractivity contribution in [3.8, 4) is 0 Å². The summed E-state index contributed by atoms with van der Waals surface area (Å²) >= 11 is 1.39. The molecule has 2 N–H and O–H groups in total. The van der Waals surface area contributed by atoms with Crippen LogP contribution in [-0.4, -0.2) is 23.3 Å². The van der Waals surface area contributed by atoms with E-state index < -0.39 is 0 Å². The lowest BCUT2D eigenvalue weighted by atomic mass is 10.2. The van der Waals surface area contributed by atoms with Gasteiger partial charge in [0.1, 0.15) is 5.52 Å². The molecular weight excluding hydrogens is 326 g/mol. The number of nitrogens with one attached hydrogen (secondary N) is 2. The highest BCUT2D eigenvalue weighted by molar-refractivity contribution is 7.12. The molecule has 0 fully saturated rings. The van der Waals surface area contributed by atoms with Crippen LogP contribution >= 0.6 is 11.3 Å². The molecule has 1 aromatic carbocycles. The molecule has 7 heteroatoms. The van der Waals surface area contributed by atoms with Crippen LogP contribution in [0.25, 0.3) is 11.1 Å². The van der Waals surface area contributed by atoms with E-state index in [4.69, 9.17) is 4.42 Å². The zero-order valence-electron chi connectivity index (χ0n) is 13.2. The molecule has 2 amide bonds. The number of aryl methyl sites for hydroxylation is 1. The van der Waals surface area contributed by atoms with E-state index in [-0.39, 0.29) is 11.8 Å². The molecule has 0 atom stereocenters. The molecule has 6 nitrogen and oxygen atoms in total. The van der Waals surface area contributed by atoms with Crippen molar-refractivity contribution in [2.45, 2.75) is 19.8 Å². The van der Waals surface area contributed by atoms with Gasteiger partial charge in [0.2, 0.25) is 5.91 Å². The third-order valence-corrected chi connectivity index (χ3v) is 4.26. The Balaban J connectivity index is 1.44. The lowest BCUT2D eigenvalue weighted by Gasteiger charge is -2.06. The molecule has 3 rings (SSSR count). The highest BCUT2D eigenvalue weighted by Gasteiger charge is 2.08. The minimum Gasteiger partial charge on any atom is -0.441 e. The summed E-state index contributed by atoms with van der Waals surface area (Å²) < 4.78 is 5.44. The Hall–Kier alpha value is -2.67. The molecule has 3 aromatic rings. The summed E-state index contributed by atoms with van der Waals surface area (Å²) in [4.78, 5) is 28.6. The molecule has 0 spiro atoms. The number of oxazole rings is 1. The summed E-state index contributed by atoms with van der Waals surface area (Å²) in [6.45, 7) is 2.24. The third-order valence-electron chi connectivity index (χ3n) is 3.39. The molecule has 0 saturated carbocycles. The van der Waals surface area contributed by atoms with Gasteiger partial charge in [-0.3, -0.25) is 9.59 Å². The van der Waals surface area contributed by atoms with E-state index in [1.165, 1.54) is 11.3 Å². The van der Waals surface area contributed by atoms with Crippen LogP contribution in [0.2, 0.25) is 0 Å². The van der Waals surface area contributed by atoms with Crippen LogP contribution in [0.1, 0.15) is 28.4 Å². The Labute approximate surface area is 142 Å². The summed E-state index contributed by atoms with van der Waals surface area (Å²) in [5, 5.41) is 7.48. The monoisotopic (exact) mass is 343 g/mol. The third kappa shape index (κ3) is 3.99. The summed E-state index contributed by atoms with van der Waals surface area (Å²) in [5.74, 6) is 0.391. The van der Waals surface area contributed by atoms with Crippen LogP contribution in [0.3, 0.4) is 0 Å². The van der Waals surface area contributed by atoms with Crippen LogP contribution in [0.15, 0.2) is 40.1 Å². The van der Waals surface area contributed by atoms with Gasteiger partial charge in [0, 0.05) is 31.6 Å². The van der Waals surface area contributed by atoms with Gasteiger partial charge in [0.15, 0.2) is 11.5 Å². The van der Waals surface area contributed by atoms with Crippen molar-refractivity contribution in [1.29, 1.82) is 0 Å². The molecule has 0 radical (unpaired) electrons. The molecule has 0 bridgehead atoms. The van der Waals surface area contributed by atoms with E-state index in [2.05, 4.69) is 15.6 Å². The largest absolute Gasteiger partial charge is 0.441 e. The Morgan fingerprint density at radius 1 is 1.29 bits per heavy atom. The van der Waals surface area contributed by atoms with Crippen molar-refractivity contribution in [1.82, 2.24) is 10.3 Å². The van der Waals surface area contributed by atoms with Crippen LogP contribution in [0, 0.1) is 6.92 Å². The molecule has 24 heavy (non-hydrogen) atoms. The molecule has 124 valence electrons. The van der Waals surface area contributed by atoms with Crippen LogP contribution in [-0.2, 0) is 4.79 Å². The second-order valence-electron chi connectivity index (χ2n) is 5.30. The second-order valence-corrected chi connectivity index (χ2v) is 6.25. The molecule has 2 heterocycles. The molecule has 0 aliphatic rings. The molecule has 0 aliphatic carbocycles. The van der Waals surface area contributed by atoms with Crippen LogP contribution in [0.4, 0.5) is 5.69 Å². The standard InChI is InChI=1S/C17H17N3O3S/c1-11-19-13-7-6-12(10-14(13)23-11)20-16(21)5-2-8-18-17(22)15-4-3-9-24-15/h3-4,6-7,9-10H,2,5,8H2,1H3,(H,18,22)(H,20,21). The topological polar surface area (TPSA) is 84.2 Å². The van der Waals surface area contributed by atoms with Gasteiger partial charge in [-0.25, -0.2) is 4.98 Å². The maximum absolute atomic E-state index is 12.0. The average molecular weight is 343 g/mol. The van der Waals surface area contributed by atoms with Gasteiger partial charge in [-0.1, -0.05) is 6.07 Å². The fraction of sp³-hybridized carbons (Fsp3) is 0.235. The number of thiophene rings is 1. The fourth-order valence-corrected chi connectivity index (χ4v) is 2.93. The average Bonchev–Trinajstić information content (AvgIpc) is 3.19. The Morgan fingerprint density at radius 3 is 2.96 bits per heavy atom. The summed E-state index contributed by atoms with van der Waals surface area (Å²) in [6.07, 6.45) is 0.908. The summed E-state index contributed by atoms with van der Waals surface area (Å²) in [5.41, 5.74) is 2.08. The highest BCUT2D eigenvalue weighted by atomic mass is 32.1. The van der Waals surface area contributed by atoms with Gasteiger partial charge >= 0.3 is 0 Å². The number of carbonyl (C=O) groups excluding carboxylic acids is 2. The van der Waals surface area contributed by atoms with E-state index in [1.807, 2.05) is 17.5 Å². The van der Waals surface area contributed by atoms with E-state index in [0.29, 0.717) is 41.4 Å². The van der Waals surface area contributed by atoms with Gasteiger partial charge in [0.25, 0.3) is 5.91 Å². The van der Waals surface area contributed by atoms with Crippen molar-refractivity contribution >= 4 is 39.9 Å². The normalized spacial score (nSPS) is 10.7. The number of rotatable bonds is 6. The quantitative estimate of drug-likeness (QED) is 0.672. The lowest BCUT2D eigenvalue weighted by Crippen LogP contribution is -2.24. The maximum Gasteiger partial charge on any atom is 0.261 e. The summed E-state index contributed by atoms with van der Waals surface area (Å²) in [6, 6.07) is 8.96. The van der Waals surface area contributed by atoms with Gasteiger partial charge in [-0.2, -0.15) is 0 Å². The Bertz CT molecular complexity index is 855. The number of anilines is 1. The highest BCUT2D eigenvalue weighted by Crippen LogP contribution is 2.20. The van der Waals surface area contributed by atoms with E-state index in [1.54, 1.807) is 25.1 Å². The first kappa shape index (κ1) is 16.2. The van der Waals surface area contributed by atoms with Crippen molar-refractivity contribution in [3.63, 3.8) is 0 Å². The first-order chi connectivity index (χ1) is 11.6. The van der Waals surface area contributed by atoms with Gasteiger partial charge in [-0.05, 0) is 30.0 Å². The number of hydrogen-bond donors (Lipinski definition) is 2. The molecule has 0 saturated heterocycles. The lowest BCUT2D eigenvalue weighted by molar-refractivity contribution is -0.116. The molecule has 0 aliphatic heterocycles. The first-order valence-electron chi connectivity index (χ1n) is 7.60. The van der Waals surface area contributed by atoms with Gasteiger partial charge in [0.05, 0.1) is 4.88 Å².